The van der Waals surface area contributed by atoms with Crippen molar-refractivity contribution in [3.8, 4) is 0 Å². The Kier molecular flexibility index (Phi) is 11.0. The van der Waals surface area contributed by atoms with Crippen LogP contribution in [0, 0.1) is 0 Å². The van der Waals surface area contributed by atoms with Crippen molar-refractivity contribution in [1.82, 2.24) is 0 Å². The zero-order valence-corrected chi connectivity index (χ0v) is 17.1. The SMILES string of the molecule is CC[N+]1(CCOCC[N+]2(CC)CCCC2)CCCC1.[Br-].[Br-]. The lowest BCUT2D eigenvalue weighted by atomic mass is 10.4. The second-order valence-electron chi connectivity index (χ2n) is 6.68. The first-order chi connectivity index (χ1) is 9.24. The van der Waals surface area contributed by atoms with E-state index in [2.05, 4.69) is 13.8 Å². The number of nitrogens with zero attached hydrogens (tertiary/aromatic N) is 2. The highest BCUT2D eigenvalue weighted by molar-refractivity contribution is 4.55. The molecule has 0 N–H and O–H groups in total. The van der Waals surface area contributed by atoms with E-state index in [4.69, 9.17) is 4.74 Å². The van der Waals surface area contributed by atoms with E-state index in [0.29, 0.717) is 0 Å². The first kappa shape index (κ1) is 21.8. The van der Waals surface area contributed by atoms with Gasteiger partial charge in [-0.1, -0.05) is 0 Å². The van der Waals surface area contributed by atoms with Crippen molar-refractivity contribution in [3.63, 3.8) is 0 Å². The van der Waals surface area contributed by atoms with Crippen LogP contribution >= 0.6 is 0 Å². The van der Waals surface area contributed by atoms with E-state index in [1.54, 1.807) is 0 Å². The van der Waals surface area contributed by atoms with Gasteiger partial charge in [0.1, 0.15) is 13.1 Å². The third-order valence-corrected chi connectivity index (χ3v) is 5.79. The molecule has 0 saturated carbocycles. The summed E-state index contributed by atoms with van der Waals surface area (Å²) in [5, 5.41) is 0. The lowest BCUT2D eigenvalue weighted by Crippen LogP contribution is -3.00. The van der Waals surface area contributed by atoms with Crippen LogP contribution in [0.25, 0.3) is 0 Å². The quantitative estimate of drug-likeness (QED) is 0.285. The van der Waals surface area contributed by atoms with E-state index in [0.717, 1.165) is 13.2 Å². The molecular formula is C16H34Br2N2O. The van der Waals surface area contributed by atoms with E-state index < -0.39 is 0 Å². The average molecular weight is 430 g/mol. The summed E-state index contributed by atoms with van der Waals surface area (Å²) in [7, 11) is 0. The number of likely N-dealkylation sites (tertiary alicyclic amines) is 2. The first-order valence-corrected chi connectivity index (χ1v) is 8.52. The molecule has 2 aliphatic heterocycles. The van der Waals surface area contributed by atoms with Crippen LogP contribution in [0.3, 0.4) is 0 Å². The number of rotatable bonds is 8. The number of quaternary nitrogens is 2. The Morgan fingerprint density at radius 3 is 1.29 bits per heavy atom. The topological polar surface area (TPSA) is 9.23 Å². The summed E-state index contributed by atoms with van der Waals surface area (Å²) in [6, 6.07) is 0. The Labute approximate surface area is 152 Å². The van der Waals surface area contributed by atoms with Gasteiger partial charge in [-0.2, -0.15) is 0 Å². The van der Waals surface area contributed by atoms with Gasteiger partial charge < -0.3 is 47.7 Å². The lowest BCUT2D eigenvalue weighted by Gasteiger charge is -2.34. The maximum Gasteiger partial charge on any atom is 0.102 e. The van der Waals surface area contributed by atoms with Crippen molar-refractivity contribution < 1.29 is 47.7 Å². The van der Waals surface area contributed by atoms with Gasteiger partial charge in [0, 0.05) is 25.7 Å². The normalized spacial score (nSPS) is 22.6. The summed E-state index contributed by atoms with van der Waals surface area (Å²) in [5.41, 5.74) is 0. The Morgan fingerprint density at radius 2 is 1.00 bits per heavy atom. The van der Waals surface area contributed by atoms with Crippen LogP contribution in [0.4, 0.5) is 0 Å². The van der Waals surface area contributed by atoms with E-state index in [1.807, 2.05) is 0 Å². The van der Waals surface area contributed by atoms with Crippen molar-refractivity contribution in [3.05, 3.63) is 0 Å². The van der Waals surface area contributed by atoms with Gasteiger partial charge in [0.25, 0.3) is 0 Å². The minimum Gasteiger partial charge on any atom is -1.00 e. The van der Waals surface area contributed by atoms with Crippen molar-refractivity contribution >= 4 is 0 Å². The largest absolute Gasteiger partial charge is 1.00 e. The summed E-state index contributed by atoms with van der Waals surface area (Å²) in [6.07, 6.45) is 5.68. The van der Waals surface area contributed by atoms with Gasteiger partial charge in [-0.15, -0.1) is 0 Å². The summed E-state index contributed by atoms with van der Waals surface area (Å²) in [4.78, 5) is 0. The van der Waals surface area contributed by atoms with E-state index in [-0.39, 0.29) is 34.0 Å². The van der Waals surface area contributed by atoms with Crippen molar-refractivity contribution in [2.75, 3.05) is 65.6 Å². The molecule has 0 aromatic carbocycles. The minimum absolute atomic E-state index is 0. The van der Waals surface area contributed by atoms with E-state index >= 15 is 0 Å². The average Bonchev–Trinajstić information content (AvgIpc) is 3.09. The monoisotopic (exact) mass is 428 g/mol. The fraction of sp³-hybridized carbons (Fsp3) is 1.00. The number of ether oxygens (including phenoxy) is 1. The second kappa shape index (κ2) is 10.6. The molecule has 0 aromatic heterocycles. The van der Waals surface area contributed by atoms with E-state index in [9.17, 15) is 0 Å². The van der Waals surface area contributed by atoms with Gasteiger partial charge in [0.05, 0.1) is 52.5 Å². The third kappa shape index (κ3) is 6.09. The minimum atomic E-state index is 0. The standard InChI is InChI=1S/C16H34N2O.2BrH/c1-3-17(9-5-6-10-17)13-15-19-16-14-18(4-2)11-7-8-12-18;;/h3-16H2,1-2H3;2*1H/q+2;;/p-2. The fourth-order valence-electron chi connectivity index (χ4n) is 4.03. The maximum absolute atomic E-state index is 5.98. The molecule has 3 nitrogen and oxygen atoms in total. The van der Waals surface area contributed by atoms with Crippen LogP contribution in [0.1, 0.15) is 39.5 Å². The predicted molar refractivity (Wildman–Crippen MR) is 80.1 cm³/mol. The highest BCUT2D eigenvalue weighted by Crippen LogP contribution is 2.19. The molecule has 21 heavy (non-hydrogen) atoms. The van der Waals surface area contributed by atoms with Crippen LogP contribution in [0.5, 0.6) is 0 Å². The molecule has 0 radical (unpaired) electrons. The molecule has 0 atom stereocenters. The van der Waals surface area contributed by atoms with Gasteiger partial charge in [-0.25, -0.2) is 0 Å². The van der Waals surface area contributed by atoms with E-state index in [1.165, 1.54) is 87.0 Å². The smallest absolute Gasteiger partial charge is 0.102 e. The Balaban J connectivity index is 0.00000200. The number of likely N-dealkylation sites (N-methyl/N-ethyl adjacent to an activating group) is 2. The maximum atomic E-state index is 5.98. The van der Waals surface area contributed by atoms with Crippen LogP contribution in [0.15, 0.2) is 0 Å². The van der Waals surface area contributed by atoms with Gasteiger partial charge in [-0.3, -0.25) is 0 Å². The predicted octanol–water partition coefficient (Wildman–Crippen LogP) is -3.73. The molecule has 0 bridgehead atoms. The summed E-state index contributed by atoms with van der Waals surface area (Å²) < 4.78 is 8.61. The Hall–Kier alpha value is 0.840. The Bertz CT molecular complexity index is 239. The van der Waals surface area contributed by atoms with Crippen LogP contribution in [0.2, 0.25) is 0 Å². The van der Waals surface area contributed by atoms with Gasteiger partial charge >= 0.3 is 0 Å². The molecule has 2 aliphatic rings. The van der Waals surface area contributed by atoms with Crippen LogP contribution in [-0.2, 0) is 4.74 Å². The third-order valence-electron chi connectivity index (χ3n) is 5.79. The number of hydrogen-bond acceptors (Lipinski definition) is 1. The first-order valence-electron chi connectivity index (χ1n) is 8.52. The van der Waals surface area contributed by atoms with Gasteiger partial charge in [0.15, 0.2) is 0 Å². The zero-order valence-electron chi connectivity index (χ0n) is 14.0. The zero-order chi connectivity index (χ0) is 13.6. The van der Waals surface area contributed by atoms with Crippen LogP contribution < -0.4 is 34.0 Å². The molecule has 0 spiro atoms. The second-order valence-corrected chi connectivity index (χ2v) is 6.68. The summed E-state index contributed by atoms with van der Waals surface area (Å²) in [6.45, 7) is 17.2. The highest BCUT2D eigenvalue weighted by Gasteiger charge is 2.31. The molecular weight excluding hydrogens is 396 g/mol. The molecule has 0 aliphatic carbocycles. The molecule has 2 heterocycles. The fourth-order valence-corrected chi connectivity index (χ4v) is 4.03. The molecule has 2 saturated heterocycles. The molecule has 2 fully saturated rings. The van der Waals surface area contributed by atoms with Crippen molar-refractivity contribution in [2.24, 2.45) is 0 Å². The Morgan fingerprint density at radius 1 is 0.667 bits per heavy atom. The summed E-state index contributed by atoms with van der Waals surface area (Å²) >= 11 is 0. The van der Waals surface area contributed by atoms with Crippen molar-refractivity contribution in [1.29, 1.82) is 0 Å². The van der Waals surface area contributed by atoms with Gasteiger partial charge in [-0.05, 0) is 13.8 Å². The number of halogens is 2. The van der Waals surface area contributed by atoms with Gasteiger partial charge in [0.2, 0.25) is 0 Å². The summed E-state index contributed by atoms with van der Waals surface area (Å²) in [5.74, 6) is 0. The molecule has 0 unspecified atom stereocenters. The van der Waals surface area contributed by atoms with Crippen LogP contribution in [-0.4, -0.2) is 74.5 Å². The highest BCUT2D eigenvalue weighted by atomic mass is 79.9. The van der Waals surface area contributed by atoms with Crippen molar-refractivity contribution in [2.45, 2.75) is 39.5 Å². The number of hydrogen-bond donors (Lipinski definition) is 0. The molecule has 128 valence electrons. The lowest BCUT2D eigenvalue weighted by molar-refractivity contribution is -0.918. The molecule has 0 amide bonds. The molecule has 2 rings (SSSR count). The molecule has 0 aromatic rings. The molecule has 5 heteroatoms.